The first kappa shape index (κ1) is 13.3. The van der Waals surface area contributed by atoms with Gasteiger partial charge in [-0.2, -0.15) is 0 Å². The molecule has 0 saturated carbocycles. The van der Waals surface area contributed by atoms with Gasteiger partial charge < -0.3 is 10.1 Å². The summed E-state index contributed by atoms with van der Waals surface area (Å²) in [6, 6.07) is 6.40. The molecule has 16 heavy (non-hydrogen) atoms. The van der Waals surface area contributed by atoms with Gasteiger partial charge in [0.15, 0.2) is 0 Å². The van der Waals surface area contributed by atoms with E-state index in [1.54, 1.807) is 0 Å². The maximum absolute atomic E-state index is 6.06. The summed E-state index contributed by atoms with van der Waals surface area (Å²) in [7, 11) is 1.97. The van der Waals surface area contributed by atoms with Crippen molar-refractivity contribution in [2.24, 2.45) is 0 Å². The van der Waals surface area contributed by atoms with Gasteiger partial charge in [0.05, 0.1) is 11.6 Å². The summed E-state index contributed by atoms with van der Waals surface area (Å²) in [6.45, 7) is 4.90. The fraction of sp³-hybridized carbons (Fsp3) is 0.538. The highest BCUT2D eigenvalue weighted by atomic mass is 35.5. The van der Waals surface area contributed by atoms with Crippen molar-refractivity contribution in [1.29, 1.82) is 0 Å². The van der Waals surface area contributed by atoms with E-state index in [1.165, 1.54) is 0 Å². The molecule has 1 N–H and O–H groups in total. The Morgan fingerprint density at radius 1 is 1.44 bits per heavy atom. The minimum Gasteiger partial charge on any atom is -0.492 e. The lowest BCUT2D eigenvalue weighted by atomic mass is 10.2. The number of rotatable bonds is 6. The van der Waals surface area contributed by atoms with Gasteiger partial charge in [0, 0.05) is 6.04 Å². The first-order valence-electron chi connectivity index (χ1n) is 5.69. The Bertz CT molecular complexity index is 328. The van der Waals surface area contributed by atoms with Crippen LogP contribution in [0.5, 0.6) is 5.75 Å². The van der Waals surface area contributed by atoms with Crippen LogP contribution >= 0.6 is 11.6 Å². The summed E-state index contributed by atoms with van der Waals surface area (Å²) in [5.74, 6) is 0.782. The van der Waals surface area contributed by atoms with Gasteiger partial charge in [-0.05, 0) is 51.4 Å². The number of halogens is 1. The molecule has 0 aliphatic rings. The zero-order chi connectivity index (χ0) is 12.0. The van der Waals surface area contributed by atoms with Crippen molar-refractivity contribution in [3.05, 3.63) is 28.8 Å². The van der Waals surface area contributed by atoms with Crippen LogP contribution in [-0.2, 0) is 0 Å². The highest BCUT2D eigenvalue weighted by Crippen LogP contribution is 2.25. The molecule has 1 aromatic rings. The van der Waals surface area contributed by atoms with E-state index in [-0.39, 0.29) is 0 Å². The lowest BCUT2D eigenvalue weighted by Crippen LogP contribution is -2.21. The first-order chi connectivity index (χ1) is 7.63. The number of hydrogen-bond acceptors (Lipinski definition) is 2. The quantitative estimate of drug-likeness (QED) is 0.771. The van der Waals surface area contributed by atoms with Crippen molar-refractivity contribution >= 4 is 11.6 Å². The molecule has 0 amide bonds. The molecule has 90 valence electrons. The minimum absolute atomic E-state index is 0.539. The predicted octanol–water partition coefficient (Wildman–Crippen LogP) is 3.42. The van der Waals surface area contributed by atoms with Crippen LogP contribution in [0, 0.1) is 6.92 Å². The zero-order valence-corrected chi connectivity index (χ0v) is 11.0. The number of nitrogens with one attached hydrogen (secondary N) is 1. The number of aryl methyl sites for hydroxylation is 1. The normalized spacial score (nSPS) is 12.5. The van der Waals surface area contributed by atoms with E-state index >= 15 is 0 Å². The van der Waals surface area contributed by atoms with Crippen molar-refractivity contribution in [2.45, 2.75) is 32.7 Å². The summed E-state index contributed by atoms with van der Waals surface area (Å²) in [5, 5.41) is 3.90. The average Bonchev–Trinajstić information content (AvgIpc) is 2.26. The Labute approximate surface area is 103 Å². The molecule has 0 spiro atoms. The van der Waals surface area contributed by atoms with E-state index in [4.69, 9.17) is 16.3 Å². The lowest BCUT2D eigenvalue weighted by Gasteiger charge is -2.11. The lowest BCUT2D eigenvalue weighted by molar-refractivity contribution is 0.299. The molecule has 0 aromatic heterocycles. The van der Waals surface area contributed by atoms with E-state index in [9.17, 15) is 0 Å². The van der Waals surface area contributed by atoms with Crippen LogP contribution in [0.2, 0.25) is 5.02 Å². The monoisotopic (exact) mass is 241 g/mol. The van der Waals surface area contributed by atoms with E-state index in [1.807, 2.05) is 32.2 Å². The Morgan fingerprint density at radius 3 is 2.81 bits per heavy atom. The second-order valence-corrected chi connectivity index (χ2v) is 4.52. The Kier molecular flexibility index (Phi) is 5.64. The van der Waals surface area contributed by atoms with E-state index in [0.29, 0.717) is 11.1 Å². The summed E-state index contributed by atoms with van der Waals surface area (Å²) >= 11 is 6.06. The highest BCUT2D eigenvalue weighted by Gasteiger charge is 2.02. The van der Waals surface area contributed by atoms with Gasteiger partial charge in [-0.1, -0.05) is 17.7 Å². The van der Waals surface area contributed by atoms with E-state index < -0.39 is 0 Å². The molecule has 2 nitrogen and oxygen atoms in total. The van der Waals surface area contributed by atoms with Crippen molar-refractivity contribution in [3.63, 3.8) is 0 Å². The van der Waals surface area contributed by atoms with Gasteiger partial charge in [-0.25, -0.2) is 0 Å². The summed E-state index contributed by atoms with van der Waals surface area (Å²) < 4.78 is 5.63. The molecule has 1 rings (SSSR count). The maximum Gasteiger partial charge on any atom is 0.137 e. The molecule has 0 aliphatic heterocycles. The van der Waals surface area contributed by atoms with Crippen LogP contribution in [0.15, 0.2) is 18.2 Å². The van der Waals surface area contributed by atoms with Gasteiger partial charge in [0.1, 0.15) is 5.75 Å². The van der Waals surface area contributed by atoms with Crippen molar-refractivity contribution in [1.82, 2.24) is 5.32 Å². The van der Waals surface area contributed by atoms with Gasteiger partial charge in [-0.15, -0.1) is 0 Å². The van der Waals surface area contributed by atoms with Crippen LogP contribution in [-0.4, -0.2) is 19.7 Å². The number of hydrogen-bond donors (Lipinski definition) is 1. The van der Waals surface area contributed by atoms with Crippen LogP contribution in [0.25, 0.3) is 0 Å². The highest BCUT2D eigenvalue weighted by molar-refractivity contribution is 6.32. The predicted molar refractivity (Wildman–Crippen MR) is 69.4 cm³/mol. The zero-order valence-electron chi connectivity index (χ0n) is 10.2. The molecular formula is C13H20ClNO. The van der Waals surface area contributed by atoms with Crippen molar-refractivity contribution in [2.75, 3.05) is 13.7 Å². The van der Waals surface area contributed by atoms with Crippen molar-refractivity contribution < 1.29 is 4.74 Å². The van der Waals surface area contributed by atoms with Crippen LogP contribution in [0.4, 0.5) is 0 Å². The molecule has 1 aromatic carbocycles. The molecule has 0 aliphatic carbocycles. The third-order valence-corrected chi connectivity index (χ3v) is 2.91. The SMILES string of the molecule is CNC(C)CCCOc1ccc(C)cc1Cl. The first-order valence-corrected chi connectivity index (χ1v) is 6.07. The Morgan fingerprint density at radius 2 is 2.19 bits per heavy atom. The minimum atomic E-state index is 0.539. The third kappa shape index (κ3) is 4.42. The van der Waals surface area contributed by atoms with Gasteiger partial charge in [0.2, 0.25) is 0 Å². The molecule has 0 bridgehead atoms. The smallest absolute Gasteiger partial charge is 0.137 e. The third-order valence-electron chi connectivity index (χ3n) is 2.62. The standard InChI is InChI=1S/C13H20ClNO/c1-10-6-7-13(12(14)9-10)16-8-4-5-11(2)15-3/h6-7,9,11,15H,4-5,8H2,1-3H3. The van der Waals surface area contributed by atoms with E-state index in [2.05, 4.69) is 12.2 Å². The second-order valence-electron chi connectivity index (χ2n) is 4.11. The molecular weight excluding hydrogens is 222 g/mol. The second kappa shape index (κ2) is 6.77. The largest absolute Gasteiger partial charge is 0.492 e. The fourth-order valence-electron chi connectivity index (χ4n) is 1.44. The maximum atomic E-state index is 6.06. The van der Waals surface area contributed by atoms with Crippen LogP contribution in [0.1, 0.15) is 25.3 Å². The van der Waals surface area contributed by atoms with Gasteiger partial charge >= 0.3 is 0 Å². The summed E-state index contributed by atoms with van der Waals surface area (Å²) in [6.07, 6.45) is 2.15. The molecule has 0 saturated heterocycles. The van der Waals surface area contributed by atoms with Crippen LogP contribution < -0.4 is 10.1 Å². The fourth-order valence-corrected chi connectivity index (χ4v) is 1.73. The molecule has 0 heterocycles. The van der Waals surface area contributed by atoms with Gasteiger partial charge in [0.25, 0.3) is 0 Å². The molecule has 0 radical (unpaired) electrons. The van der Waals surface area contributed by atoms with Gasteiger partial charge in [-0.3, -0.25) is 0 Å². The topological polar surface area (TPSA) is 21.3 Å². The average molecular weight is 242 g/mol. The van der Waals surface area contributed by atoms with E-state index in [0.717, 1.165) is 30.8 Å². The Hall–Kier alpha value is -0.730. The van der Waals surface area contributed by atoms with Crippen molar-refractivity contribution in [3.8, 4) is 5.75 Å². The molecule has 0 fully saturated rings. The molecule has 1 unspecified atom stereocenters. The number of benzene rings is 1. The summed E-state index contributed by atoms with van der Waals surface area (Å²) in [4.78, 5) is 0. The Balaban J connectivity index is 2.32. The molecule has 1 atom stereocenters. The number of ether oxygens (including phenoxy) is 1. The molecule has 3 heteroatoms. The van der Waals surface area contributed by atoms with Crippen LogP contribution in [0.3, 0.4) is 0 Å². The summed E-state index contributed by atoms with van der Waals surface area (Å²) in [5.41, 5.74) is 1.15.